The van der Waals surface area contributed by atoms with E-state index >= 15 is 0 Å². The molecule has 0 saturated carbocycles. The number of fused-ring (bicyclic) bond motifs is 1. The number of hydrogen-bond donors (Lipinski definition) is 2. The molecule has 2 aromatic rings. The fourth-order valence-electron chi connectivity index (χ4n) is 2.71. The van der Waals surface area contributed by atoms with Gasteiger partial charge in [0.1, 0.15) is 22.8 Å². The number of hydrogen-bond acceptors (Lipinski definition) is 6. The van der Waals surface area contributed by atoms with Gasteiger partial charge in [-0.2, -0.15) is 0 Å². The molecule has 134 valence electrons. The van der Waals surface area contributed by atoms with Gasteiger partial charge < -0.3 is 26.5 Å². The fraction of sp³-hybridized carbons (Fsp3) is 0.111. The molecular weight excluding hydrogens is 416 g/mol. The normalized spacial score (nSPS) is 17.8. The second-order valence-electron chi connectivity index (χ2n) is 5.43. The van der Waals surface area contributed by atoms with E-state index in [1.165, 1.54) is 0 Å². The zero-order valence-electron chi connectivity index (χ0n) is 14.2. The van der Waals surface area contributed by atoms with Crippen molar-refractivity contribution in [2.24, 2.45) is 10.2 Å². The van der Waals surface area contributed by atoms with Gasteiger partial charge in [0, 0.05) is 11.0 Å². The van der Waals surface area contributed by atoms with Gasteiger partial charge in [-0.15, -0.1) is 5.01 Å². The lowest BCUT2D eigenvalue weighted by Crippen LogP contribution is -3.21. The van der Waals surface area contributed by atoms with Gasteiger partial charge in [0.2, 0.25) is 0 Å². The molecular formula is C18H17BrN4O2S. The maximum Gasteiger partial charge on any atom is 0.316 e. The van der Waals surface area contributed by atoms with E-state index in [2.05, 4.69) is 15.6 Å². The van der Waals surface area contributed by atoms with E-state index in [9.17, 15) is 0 Å². The fourth-order valence-corrected chi connectivity index (χ4v) is 3.49. The summed E-state index contributed by atoms with van der Waals surface area (Å²) in [5.74, 6) is 2.40. The second kappa shape index (κ2) is 7.94. The van der Waals surface area contributed by atoms with Crippen molar-refractivity contribution in [3.63, 3.8) is 0 Å². The van der Waals surface area contributed by atoms with Gasteiger partial charge in [-0.3, -0.25) is 0 Å². The highest BCUT2D eigenvalue weighted by Crippen LogP contribution is 2.23. The number of nitrogens with one attached hydrogen (secondary N) is 2. The molecule has 2 aromatic carbocycles. The number of benzene rings is 2. The second-order valence-corrected chi connectivity index (χ2v) is 6.29. The lowest BCUT2D eigenvalue weighted by atomic mass is 10.1. The van der Waals surface area contributed by atoms with Crippen LogP contribution in [0.5, 0.6) is 11.5 Å². The summed E-state index contributed by atoms with van der Waals surface area (Å²) in [6, 6.07) is 15.8. The average Bonchev–Trinajstić information content (AvgIpc) is 3.11. The molecule has 0 spiro atoms. The number of thioether (sulfide) groups is 1. The summed E-state index contributed by atoms with van der Waals surface area (Å²) < 4.78 is 10.7. The van der Waals surface area contributed by atoms with Crippen molar-refractivity contribution >= 4 is 28.5 Å². The van der Waals surface area contributed by atoms with Crippen molar-refractivity contribution in [2.45, 2.75) is 0 Å². The van der Waals surface area contributed by atoms with Crippen molar-refractivity contribution in [2.75, 3.05) is 14.2 Å². The summed E-state index contributed by atoms with van der Waals surface area (Å²) in [6.07, 6.45) is 0. The van der Waals surface area contributed by atoms with Crippen LogP contribution in [0.15, 0.2) is 64.1 Å². The summed E-state index contributed by atoms with van der Waals surface area (Å²) in [5.41, 5.74) is 6.47. The van der Waals surface area contributed by atoms with E-state index < -0.39 is 0 Å². The molecule has 4 rings (SSSR count). The minimum absolute atomic E-state index is 0. The highest BCUT2D eigenvalue weighted by molar-refractivity contribution is 8.16. The molecule has 2 heterocycles. The Morgan fingerprint density at radius 3 is 2.46 bits per heavy atom. The lowest BCUT2D eigenvalue weighted by Gasteiger charge is -2.22. The van der Waals surface area contributed by atoms with Crippen LogP contribution in [-0.2, 0) is 0 Å². The number of rotatable bonds is 4. The number of ether oxygens (including phenoxy) is 2. The standard InChI is InChI=1S/C18H16N4O2S.BrH/c1-23-13-9-7-12(8-10-13)15-11-25-18-20-19-17(22(18)21-15)14-5-3-4-6-16(14)24-2;/h3-11,21H,1-2H3;1H. The summed E-state index contributed by atoms with van der Waals surface area (Å²) >= 11 is 1.56. The van der Waals surface area contributed by atoms with Crippen LogP contribution in [0.3, 0.4) is 0 Å². The largest absolute Gasteiger partial charge is 1.00 e. The van der Waals surface area contributed by atoms with E-state index in [-0.39, 0.29) is 17.0 Å². The van der Waals surface area contributed by atoms with Gasteiger partial charge in [-0.05, 0) is 48.2 Å². The topological polar surface area (TPSA) is 59.7 Å². The van der Waals surface area contributed by atoms with E-state index in [0.29, 0.717) is 0 Å². The van der Waals surface area contributed by atoms with Crippen molar-refractivity contribution in [1.29, 1.82) is 0 Å². The van der Waals surface area contributed by atoms with E-state index in [1.807, 2.05) is 53.9 Å². The maximum atomic E-state index is 5.47. The molecule has 8 heteroatoms. The van der Waals surface area contributed by atoms with Crippen molar-refractivity contribution < 1.29 is 31.5 Å². The Labute approximate surface area is 166 Å². The molecule has 0 radical (unpaired) electrons. The van der Waals surface area contributed by atoms with E-state index in [4.69, 9.17) is 9.47 Å². The Morgan fingerprint density at radius 2 is 1.73 bits per heavy atom. The summed E-state index contributed by atoms with van der Waals surface area (Å²) in [4.78, 5) is 0. The van der Waals surface area contributed by atoms with Crippen LogP contribution in [0, 0.1) is 0 Å². The van der Waals surface area contributed by atoms with E-state index in [1.54, 1.807) is 26.0 Å². The molecule has 2 N–H and O–H groups in total. The smallest absolute Gasteiger partial charge is 0.316 e. The maximum absolute atomic E-state index is 5.47. The first-order chi connectivity index (χ1) is 12.3. The van der Waals surface area contributed by atoms with Gasteiger partial charge in [0.25, 0.3) is 5.84 Å². The zero-order valence-corrected chi connectivity index (χ0v) is 16.6. The van der Waals surface area contributed by atoms with Gasteiger partial charge in [-0.1, -0.05) is 22.3 Å². The summed E-state index contributed by atoms with van der Waals surface area (Å²) in [6.45, 7) is 0. The molecule has 2 aliphatic heterocycles. The van der Waals surface area contributed by atoms with Gasteiger partial charge in [0.15, 0.2) is 0 Å². The van der Waals surface area contributed by atoms with E-state index in [0.717, 1.165) is 44.3 Å². The Balaban J connectivity index is 0.00000196. The molecule has 0 bridgehead atoms. The van der Waals surface area contributed by atoms with Crippen LogP contribution >= 0.6 is 11.8 Å². The first kappa shape index (κ1) is 18.5. The Kier molecular flexibility index (Phi) is 5.65. The van der Waals surface area contributed by atoms with Crippen LogP contribution < -0.4 is 36.9 Å². The van der Waals surface area contributed by atoms with Crippen LogP contribution in [0.2, 0.25) is 0 Å². The van der Waals surface area contributed by atoms with Gasteiger partial charge >= 0.3 is 5.17 Å². The Morgan fingerprint density at radius 1 is 0.962 bits per heavy atom. The quantitative estimate of drug-likeness (QED) is 0.641. The summed E-state index contributed by atoms with van der Waals surface area (Å²) in [7, 11) is 3.32. The summed E-state index contributed by atoms with van der Waals surface area (Å²) in [5, 5.41) is 12.5. The highest BCUT2D eigenvalue weighted by Gasteiger charge is 2.36. The number of para-hydroxylation sites is 1. The van der Waals surface area contributed by atoms with Crippen LogP contribution in [-0.4, -0.2) is 25.2 Å². The molecule has 0 saturated heterocycles. The van der Waals surface area contributed by atoms with Gasteiger partial charge in [0.05, 0.1) is 14.2 Å². The lowest BCUT2D eigenvalue weighted by molar-refractivity contribution is -0.739. The first-order valence-electron chi connectivity index (χ1n) is 7.75. The molecule has 6 nitrogen and oxygen atoms in total. The third kappa shape index (κ3) is 3.35. The minimum atomic E-state index is 0. The first-order valence-corrected chi connectivity index (χ1v) is 8.63. The van der Waals surface area contributed by atoms with Crippen molar-refractivity contribution in [1.82, 2.24) is 5.43 Å². The Hall–Kier alpha value is -2.29. The minimum Gasteiger partial charge on any atom is -1.00 e. The van der Waals surface area contributed by atoms with Gasteiger partial charge in [-0.25, -0.2) is 5.43 Å². The predicted molar refractivity (Wildman–Crippen MR) is 99.6 cm³/mol. The highest BCUT2D eigenvalue weighted by atomic mass is 79.9. The molecule has 0 aliphatic carbocycles. The van der Waals surface area contributed by atoms with Crippen LogP contribution in [0.1, 0.15) is 11.1 Å². The number of halogens is 1. The molecule has 0 aromatic heterocycles. The third-order valence-corrected chi connectivity index (χ3v) is 4.87. The van der Waals surface area contributed by atoms with Crippen molar-refractivity contribution in [3.8, 4) is 11.5 Å². The molecule has 0 amide bonds. The Bertz CT molecular complexity index is 896. The molecule has 1 atom stereocenters. The number of nitrogens with zero attached hydrogens (tertiary/aromatic N) is 2. The van der Waals surface area contributed by atoms with Crippen LogP contribution in [0.4, 0.5) is 0 Å². The van der Waals surface area contributed by atoms with Crippen molar-refractivity contribution in [3.05, 3.63) is 65.1 Å². The molecule has 2 aliphatic rings. The number of quaternary nitrogens is 1. The third-order valence-electron chi connectivity index (χ3n) is 4.00. The number of amidine groups is 2. The van der Waals surface area contributed by atoms with Crippen LogP contribution in [0.25, 0.3) is 5.70 Å². The zero-order chi connectivity index (χ0) is 17.2. The monoisotopic (exact) mass is 432 g/mol. The SMILES string of the molecule is COc1ccc(C2=CSC3=NN=C(c4ccccc4OC)[NH+]3N2)cc1.[Br-]. The predicted octanol–water partition coefficient (Wildman–Crippen LogP) is -1.13. The number of methoxy groups -OCH3 is 2. The molecule has 1 unspecified atom stereocenters. The molecule has 0 fully saturated rings. The average molecular weight is 433 g/mol. The molecule has 26 heavy (non-hydrogen) atoms.